The van der Waals surface area contributed by atoms with Crippen LogP contribution in [0.1, 0.15) is 38.6 Å². The molecule has 1 aliphatic heterocycles. The summed E-state index contributed by atoms with van der Waals surface area (Å²) in [6.45, 7) is 5.27. The molecule has 1 saturated heterocycles. The molecule has 4 rings (SSSR count). The van der Waals surface area contributed by atoms with Crippen molar-refractivity contribution in [3.63, 3.8) is 0 Å². The van der Waals surface area contributed by atoms with Crippen LogP contribution in [0.2, 0.25) is 5.15 Å². The zero-order valence-corrected chi connectivity index (χ0v) is 14.7. The van der Waals surface area contributed by atoms with Crippen LogP contribution in [0, 0.1) is 0 Å². The first kappa shape index (κ1) is 15.9. The maximum Gasteiger partial charge on any atom is 0.243 e. The average molecular weight is 347 g/mol. The molecule has 2 aliphatic rings. The number of halogens is 1. The minimum absolute atomic E-state index is 0.00214. The smallest absolute Gasteiger partial charge is 0.243 e. The second kappa shape index (κ2) is 6.05. The average Bonchev–Trinajstić information content (AvgIpc) is 2.98. The van der Waals surface area contributed by atoms with Gasteiger partial charge in [0.15, 0.2) is 0 Å². The Morgan fingerprint density at radius 1 is 1.38 bits per heavy atom. The minimum atomic E-state index is -0.267. The number of carbonyl (C=O) groups is 1. The Bertz CT molecular complexity index is 761. The van der Waals surface area contributed by atoms with Gasteiger partial charge in [-0.2, -0.15) is 0 Å². The molecule has 3 heterocycles. The number of rotatable bonds is 5. The number of fused-ring (bicyclic) bond motifs is 1. The van der Waals surface area contributed by atoms with Crippen LogP contribution in [0.4, 0.5) is 0 Å². The van der Waals surface area contributed by atoms with Crippen molar-refractivity contribution in [2.24, 2.45) is 0 Å². The molecular weight excluding hydrogens is 324 g/mol. The van der Waals surface area contributed by atoms with Gasteiger partial charge in [-0.25, -0.2) is 4.98 Å². The van der Waals surface area contributed by atoms with Crippen molar-refractivity contribution in [2.75, 3.05) is 19.6 Å². The van der Waals surface area contributed by atoms with E-state index in [1.165, 1.54) is 25.9 Å². The van der Waals surface area contributed by atoms with Crippen LogP contribution in [0.3, 0.4) is 0 Å². The number of nitrogens with one attached hydrogen (secondary N) is 1. The van der Waals surface area contributed by atoms with Gasteiger partial charge in [-0.05, 0) is 57.8 Å². The largest absolute Gasteiger partial charge is 0.348 e. The van der Waals surface area contributed by atoms with Crippen LogP contribution < -0.4 is 5.32 Å². The monoisotopic (exact) mass is 346 g/mol. The lowest BCUT2D eigenvalue weighted by molar-refractivity contribution is -0.124. The maximum absolute atomic E-state index is 12.8. The standard InChI is InChI=1S/C18H23ClN4O/c1-13(23-11-5-14-15(23)4-8-20-16(14)19)17(24)21-18(6-7-18)12-22-9-2-3-10-22/h4-5,8,11,13H,2-3,6-7,9-10,12H2,1H3,(H,21,24). The summed E-state index contributed by atoms with van der Waals surface area (Å²) in [5.41, 5.74) is 0.944. The molecule has 1 aliphatic carbocycles. The molecule has 2 aromatic rings. The number of likely N-dealkylation sites (tertiary alicyclic amines) is 1. The fourth-order valence-corrected chi connectivity index (χ4v) is 3.94. The zero-order valence-electron chi connectivity index (χ0n) is 14.0. The molecule has 1 unspecified atom stereocenters. The van der Waals surface area contributed by atoms with Gasteiger partial charge in [0, 0.05) is 24.3 Å². The van der Waals surface area contributed by atoms with Crippen LogP contribution in [-0.2, 0) is 4.79 Å². The fraction of sp³-hybridized carbons (Fsp3) is 0.556. The Morgan fingerprint density at radius 3 is 2.83 bits per heavy atom. The molecule has 24 heavy (non-hydrogen) atoms. The van der Waals surface area contributed by atoms with Gasteiger partial charge in [-0.15, -0.1) is 0 Å². The molecule has 5 nitrogen and oxygen atoms in total. The topological polar surface area (TPSA) is 50.2 Å². The van der Waals surface area contributed by atoms with Crippen molar-refractivity contribution in [2.45, 2.75) is 44.2 Å². The summed E-state index contributed by atoms with van der Waals surface area (Å²) in [6.07, 6.45) is 8.34. The van der Waals surface area contributed by atoms with Gasteiger partial charge in [0.1, 0.15) is 11.2 Å². The van der Waals surface area contributed by atoms with Crippen molar-refractivity contribution in [3.8, 4) is 0 Å². The third-order valence-electron chi connectivity index (χ3n) is 5.36. The third-order valence-corrected chi connectivity index (χ3v) is 5.66. The Balaban J connectivity index is 1.48. The normalized spacial score (nSPS) is 21.1. The Kier molecular flexibility index (Phi) is 4.01. The number of amides is 1. The van der Waals surface area contributed by atoms with E-state index in [1.807, 2.05) is 29.8 Å². The lowest BCUT2D eigenvalue weighted by Crippen LogP contribution is -2.47. The predicted octanol–water partition coefficient (Wildman–Crippen LogP) is 3.00. The van der Waals surface area contributed by atoms with E-state index >= 15 is 0 Å². The molecule has 1 N–H and O–H groups in total. The number of pyridine rings is 1. The summed E-state index contributed by atoms with van der Waals surface area (Å²) >= 11 is 6.14. The van der Waals surface area contributed by atoms with Gasteiger partial charge in [0.2, 0.25) is 5.91 Å². The fourth-order valence-electron chi connectivity index (χ4n) is 3.72. The Hall–Kier alpha value is -1.59. The lowest BCUT2D eigenvalue weighted by atomic mass is 10.2. The molecule has 2 fully saturated rings. The van der Waals surface area contributed by atoms with Crippen LogP contribution in [0.5, 0.6) is 0 Å². The quantitative estimate of drug-likeness (QED) is 0.847. The number of nitrogens with zero attached hydrogens (tertiary/aromatic N) is 3. The highest BCUT2D eigenvalue weighted by atomic mass is 35.5. The van der Waals surface area contributed by atoms with Crippen molar-refractivity contribution in [1.82, 2.24) is 19.8 Å². The van der Waals surface area contributed by atoms with E-state index in [4.69, 9.17) is 11.6 Å². The summed E-state index contributed by atoms with van der Waals surface area (Å²) in [7, 11) is 0. The molecule has 6 heteroatoms. The molecule has 1 saturated carbocycles. The lowest BCUT2D eigenvalue weighted by Gasteiger charge is -2.26. The van der Waals surface area contributed by atoms with Gasteiger partial charge >= 0.3 is 0 Å². The van der Waals surface area contributed by atoms with Gasteiger partial charge < -0.3 is 14.8 Å². The number of hydrogen-bond acceptors (Lipinski definition) is 3. The molecule has 1 amide bonds. The summed E-state index contributed by atoms with van der Waals surface area (Å²) in [5.74, 6) is 0.0807. The first-order valence-corrected chi connectivity index (χ1v) is 9.11. The highest BCUT2D eigenvalue weighted by Crippen LogP contribution is 2.37. The first-order chi connectivity index (χ1) is 11.6. The third kappa shape index (κ3) is 2.91. The molecule has 1 atom stereocenters. The second-order valence-electron chi connectivity index (χ2n) is 7.19. The molecule has 128 valence electrons. The van der Waals surface area contributed by atoms with Crippen molar-refractivity contribution in [3.05, 3.63) is 29.7 Å². The van der Waals surface area contributed by atoms with Gasteiger partial charge in [-0.3, -0.25) is 4.79 Å². The van der Waals surface area contributed by atoms with E-state index in [1.54, 1.807) is 6.20 Å². The minimum Gasteiger partial charge on any atom is -0.348 e. The molecule has 0 bridgehead atoms. The van der Waals surface area contributed by atoms with E-state index in [0.717, 1.165) is 30.3 Å². The van der Waals surface area contributed by atoms with Crippen LogP contribution in [-0.4, -0.2) is 45.5 Å². The highest BCUT2D eigenvalue weighted by molar-refractivity contribution is 6.34. The number of aromatic nitrogens is 2. The summed E-state index contributed by atoms with van der Waals surface area (Å²) < 4.78 is 1.98. The molecule has 0 spiro atoms. The molecule has 2 aromatic heterocycles. The van der Waals surface area contributed by atoms with Crippen molar-refractivity contribution >= 4 is 28.4 Å². The number of carbonyl (C=O) groups excluding carboxylic acids is 1. The van der Waals surface area contributed by atoms with E-state index in [0.29, 0.717) is 5.15 Å². The van der Waals surface area contributed by atoms with Crippen LogP contribution in [0.25, 0.3) is 10.9 Å². The van der Waals surface area contributed by atoms with Gasteiger partial charge in [0.05, 0.1) is 11.1 Å². The maximum atomic E-state index is 12.8. The van der Waals surface area contributed by atoms with E-state index in [9.17, 15) is 4.79 Å². The Morgan fingerprint density at radius 2 is 2.12 bits per heavy atom. The van der Waals surface area contributed by atoms with Crippen LogP contribution in [0.15, 0.2) is 24.5 Å². The summed E-state index contributed by atoms with van der Waals surface area (Å²) in [6, 6.07) is 3.56. The van der Waals surface area contributed by atoms with E-state index in [-0.39, 0.29) is 17.5 Å². The van der Waals surface area contributed by atoms with Gasteiger partial charge in [0.25, 0.3) is 0 Å². The summed E-state index contributed by atoms with van der Waals surface area (Å²) in [4.78, 5) is 19.4. The van der Waals surface area contributed by atoms with E-state index in [2.05, 4.69) is 15.2 Å². The van der Waals surface area contributed by atoms with E-state index < -0.39 is 0 Å². The van der Waals surface area contributed by atoms with Crippen molar-refractivity contribution in [1.29, 1.82) is 0 Å². The zero-order chi connectivity index (χ0) is 16.7. The number of hydrogen-bond donors (Lipinski definition) is 1. The highest BCUT2D eigenvalue weighted by Gasteiger charge is 2.46. The Labute approximate surface area is 147 Å². The second-order valence-corrected chi connectivity index (χ2v) is 7.54. The first-order valence-electron chi connectivity index (χ1n) is 8.73. The van der Waals surface area contributed by atoms with Gasteiger partial charge in [-0.1, -0.05) is 11.6 Å². The molecule has 0 aromatic carbocycles. The summed E-state index contributed by atoms with van der Waals surface area (Å²) in [5, 5.41) is 4.68. The molecule has 0 radical (unpaired) electrons. The molecular formula is C18H23ClN4O. The predicted molar refractivity (Wildman–Crippen MR) is 95.2 cm³/mol. The SMILES string of the molecule is CC(C(=O)NC1(CN2CCCC2)CC1)n1ccc2c(Cl)nccc21. The van der Waals surface area contributed by atoms with Crippen LogP contribution >= 0.6 is 11.6 Å². The van der Waals surface area contributed by atoms with Crippen molar-refractivity contribution < 1.29 is 4.79 Å².